The van der Waals surface area contributed by atoms with Crippen molar-refractivity contribution in [1.29, 1.82) is 0 Å². The number of hydrogen-bond donors (Lipinski definition) is 0. The molecule has 0 atom stereocenters. The molecular weight excluding hydrogens is 212 g/mol. The van der Waals surface area contributed by atoms with Crippen molar-refractivity contribution in [1.82, 2.24) is 0 Å². The Morgan fingerprint density at radius 1 is 0.867 bits per heavy atom. The van der Waals surface area contributed by atoms with E-state index in [0.29, 0.717) is 5.02 Å². The Bertz CT molecular complexity index is 494. The van der Waals surface area contributed by atoms with Gasteiger partial charge in [0.25, 0.3) is 0 Å². The topological polar surface area (TPSA) is 18.5 Å². The Hall–Kier alpha value is -1.41. The lowest BCUT2D eigenvalue weighted by Crippen LogP contribution is -1.89. The maximum absolute atomic E-state index is 5.95. The number of ether oxygens (including phenoxy) is 2. The highest BCUT2D eigenvalue weighted by Gasteiger charge is 2.06. The van der Waals surface area contributed by atoms with Crippen LogP contribution in [0.4, 0.5) is 0 Å². The van der Waals surface area contributed by atoms with E-state index in [9.17, 15) is 0 Å². The largest absolute Gasteiger partial charge is 0.496 e. The van der Waals surface area contributed by atoms with Gasteiger partial charge in [0.2, 0.25) is 0 Å². The van der Waals surface area contributed by atoms with E-state index in [1.54, 1.807) is 14.2 Å². The molecule has 2 aromatic rings. The highest BCUT2D eigenvalue weighted by molar-refractivity contribution is 6.31. The van der Waals surface area contributed by atoms with Crippen molar-refractivity contribution in [3.05, 3.63) is 35.4 Å². The average molecular weight is 223 g/mol. The standard InChI is InChI=1S/C12H11ClO2/c1-14-11-5-6-12(15-2)10-7-8(13)3-4-9(10)11/h3-7H,1-2H3. The Labute approximate surface area is 93.4 Å². The third-order valence-electron chi connectivity index (χ3n) is 2.34. The molecule has 0 aliphatic rings. The maximum Gasteiger partial charge on any atom is 0.127 e. The average Bonchev–Trinajstić information content (AvgIpc) is 2.27. The quantitative estimate of drug-likeness (QED) is 0.774. The van der Waals surface area contributed by atoms with Crippen LogP contribution in [0.5, 0.6) is 11.5 Å². The van der Waals surface area contributed by atoms with Crippen LogP contribution in [0.3, 0.4) is 0 Å². The summed E-state index contributed by atoms with van der Waals surface area (Å²) in [5, 5.41) is 2.65. The van der Waals surface area contributed by atoms with Gasteiger partial charge in [0.15, 0.2) is 0 Å². The predicted molar refractivity (Wildman–Crippen MR) is 62.1 cm³/mol. The van der Waals surface area contributed by atoms with Crippen molar-refractivity contribution in [2.75, 3.05) is 14.2 Å². The zero-order valence-corrected chi connectivity index (χ0v) is 9.34. The number of hydrogen-bond acceptors (Lipinski definition) is 2. The normalized spacial score (nSPS) is 10.3. The zero-order valence-electron chi connectivity index (χ0n) is 8.58. The van der Waals surface area contributed by atoms with E-state index in [1.807, 2.05) is 30.3 Å². The molecule has 2 rings (SSSR count). The molecule has 0 fully saturated rings. The number of fused-ring (bicyclic) bond motifs is 1. The van der Waals surface area contributed by atoms with E-state index in [4.69, 9.17) is 21.1 Å². The van der Waals surface area contributed by atoms with Crippen LogP contribution in [0.2, 0.25) is 5.02 Å². The van der Waals surface area contributed by atoms with Gasteiger partial charge in [0, 0.05) is 15.8 Å². The van der Waals surface area contributed by atoms with Crippen molar-refractivity contribution in [2.24, 2.45) is 0 Å². The van der Waals surface area contributed by atoms with E-state index in [0.717, 1.165) is 22.3 Å². The molecule has 0 radical (unpaired) electrons. The van der Waals surface area contributed by atoms with Crippen molar-refractivity contribution < 1.29 is 9.47 Å². The molecule has 0 aliphatic heterocycles. The zero-order chi connectivity index (χ0) is 10.8. The molecule has 78 valence electrons. The molecule has 0 amide bonds. The van der Waals surface area contributed by atoms with Gasteiger partial charge in [0.05, 0.1) is 14.2 Å². The monoisotopic (exact) mass is 222 g/mol. The van der Waals surface area contributed by atoms with Gasteiger partial charge in [-0.2, -0.15) is 0 Å². The molecule has 0 spiro atoms. The lowest BCUT2D eigenvalue weighted by atomic mass is 10.1. The molecule has 0 aliphatic carbocycles. The first-order valence-electron chi connectivity index (χ1n) is 4.56. The minimum absolute atomic E-state index is 0.689. The lowest BCUT2D eigenvalue weighted by Gasteiger charge is -2.09. The Balaban J connectivity index is 2.80. The molecule has 3 heteroatoms. The molecule has 2 aromatic carbocycles. The molecule has 0 saturated carbocycles. The molecule has 2 nitrogen and oxygen atoms in total. The van der Waals surface area contributed by atoms with Crippen molar-refractivity contribution in [3.8, 4) is 11.5 Å². The smallest absolute Gasteiger partial charge is 0.127 e. The van der Waals surface area contributed by atoms with Crippen LogP contribution in [0.1, 0.15) is 0 Å². The maximum atomic E-state index is 5.95. The van der Waals surface area contributed by atoms with Gasteiger partial charge in [-0.3, -0.25) is 0 Å². The fraction of sp³-hybridized carbons (Fsp3) is 0.167. The van der Waals surface area contributed by atoms with Gasteiger partial charge in [-0.15, -0.1) is 0 Å². The van der Waals surface area contributed by atoms with Gasteiger partial charge in [-0.25, -0.2) is 0 Å². The van der Waals surface area contributed by atoms with Crippen molar-refractivity contribution in [3.63, 3.8) is 0 Å². The minimum Gasteiger partial charge on any atom is -0.496 e. The molecule has 0 unspecified atom stereocenters. The van der Waals surface area contributed by atoms with Crippen LogP contribution in [-0.2, 0) is 0 Å². The fourth-order valence-corrected chi connectivity index (χ4v) is 1.79. The van der Waals surface area contributed by atoms with Gasteiger partial charge in [0.1, 0.15) is 11.5 Å². The van der Waals surface area contributed by atoms with Crippen molar-refractivity contribution >= 4 is 22.4 Å². The summed E-state index contributed by atoms with van der Waals surface area (Å²) in [4.78, 5) is 0. The minimum atomic E-state index is 0.689. The van der Waals surface area contributed by atoms with Gasteiger partial charge < -0.3 is 9.47 Å². The fourth-order valence-electron chi connectivity index (χ4n) is 1.62. The van der Waals surface area contributed by atoms with Crippen LogP contribution in [-0.4, -0.2) is 14.2 Å². The Morgan fingerprint density at radius 2 is 1.47 bits per heavy atom. The van der Waals surface area contributed by atoms with Gasteiger partial charge in [-0.1, -0.05) is 11.6 Å². The van der Waals surface area contributed by atoms with Crippen LogP contribution in [0.15, 0.2) is 30.3 Å². The summed E-state index contributed by atoms with van der Waals surface area (Å²) in [7, 11) is 3.29. The highest BCUT2D eigenvalue weighted by atomic mass is 35.5. The second kappa shape index (κ2) is 3.99. The first-order chi connectivity index (χ1) is 7.26. The number of rotatable bonds is 2. The molecular formula is C12H11ClO2. The van der Waals surface area contributed by atoms with Gasteiger partial charge in [-0.05, 0) is 30.3 Å². The summed E-state index contributed by atoms with van der Waals surface area (Å²) >= 11 is 5.95. The molecule has 0 saturated heterocycles. The molecule has 0 aromatic heterocycles. The van der Waals surface area contributed by atoms with Crippen LogP contribution in [0, 0.1) is 0 Å². The van der Waals surface area contributed by atoms with Crippen LogP contribution >= 0.6 is 11.6 Å². The summed E-state index contributed by atoms with van der Waals surface area (Å²) in [6.45, 7) is 0. The summed E-state index contributed by atoms with van der Waals surface area (Å²) in [6, 6.07) is 9.40. The Kier molecular flexibility index (Phi) is 2.69. The summed E-state index contributed by atoms with van der Waals surface area (Å²) in [5.74, 6) is 1.62. The second-order valence-electron chi connectivity index (χ2n) is 3.16. The van der Waals surface area contributed by atoms with E-state index >= 15 is 0 Å². The SMILES string of the molecule is COc1ccc(OC)c2cc(Cl)ccc12. The summed E-state index contributed by atoms with van der Waals surface area (Å²) in [5.41, 5.74) is 0. The van der Waals surface area contributed by atoms with Gasteiger partial charge >= 0.3 is 0 Å². The molecule has 0 N–H and O–H groups in total. The first-order valence-corrected chi connectivity index (χ1v) is 4.94. The lowest BCUT2D eigenvalue weighted by molar-refractivity contribution is 0.410. The molecule has 15 heavy (non-hydrogen) atoms. The third kappa shape index (κ3) is 1.73. The van der Waals surface area contributed by atoms with E-state index in [1.165, 1.54) is 0 Å². The second-order valence-corrected chi connectivity index (χ2v) is 3.60. The van der Waals surface area contributed by atoms with E-state index in [2.05, 4.69) is 0 Å². The van der Waals surface area contributed by atoms with Crippen LogP contribution < -0.4 is 9.47 Å². The molecule has 0 bridgehead atoms. The summed E-state index contributed by atoms with van der Waals surface area (Å²) in [6.07, 6.45) is 0. The predicted octanol–water partition coefficient (Wildman–Crippen LogP) is 3.51. The molecule has 0 heterocycles. The van der Waals surface area contributed by atoms with E-state index in [-0.39, 0.29) is 0 Å². The number of methoxy groups -OCH3 is 2. The highest BCUT2D eigenvalue weighted by Crippen LogP contribution is 2.34. The first kappa shape index (κ1) is 10.1. The number of halogens is 1. The van der Waals surface area contributed by atoms with Crippen LogP contribution in [0.25, 0.3) is 10.8 Å². The van der Waals surface area contributed by atoms with E-state index < -0.39 is 0 Å². The third-order valence-corrected chi connectivity index (χ3v) is 2.57. The summed E-state index contributed by atoms with van der Waals surface area (Å²) < 4.78 is 10.5. The number of benzene rings is 2. The Morgan fingerprint density at radius 3 is 2.07 bits per heavy atom. The van der Waals surface area contributed by atoms with Crippen molar-refractivity contribution in [2.45, 2.75) is 0 Å².